The SMILES string of the molecule is CC(NC(=O)c1csc(Br)c1)c1ccccc1Br. The van der Waals surface area contributed by atoms with E-state index in [9.17, 15) is 4.79 Å². The largest absolute Gasteiger partial charge is 0.345 e. The van der Waals surface area contributed by atoms with E-state index in [1.165, 1.54) is 11.3 Å². The van der Waals surface area contributed by atoms with Crippen LogP contribution in [0.1, 0.15) is 28.9 Å². The Bertz CT molecular complexity index is 568. The molecular formula is C13H11Br2NOS. The van der Waals surface area contributed by atoms with Crippen molar-refractivity contribution >= 4 is 49.1 Å². The number of hydrogen-bond acceptors (Lipinski definition) is 2. The lowest BCUT2D eigenvalue weighted by Crippen LogP contribution is -2.26. The van der Waals surface area contributed by atoms with Gasteiger partial charge in [-0.3, -0.25) is 4.79 Å². The van der Waals surface area contributed by atoms with E-state index < -0.39 is 0 Å². The van der Waals surface area contributed by atoms with Crippen molar-refractivity contribution < 1.29 is 4.79 Å². The molecule has 0 aliphatic carbocycles. The number of carbonyl (C=O) groups excluding carboxylic acids is 1. The summed E-state index contributed by atoms with van der Waals surface area (Å²) in [7, 11) is 0. The fourth-order valence-corrected chi connectivity index (χ4v) is 3.38. The summed E-state index contributed by atoms with van der Waals surface area (Å²) in [5.74, 6) is -0.0554. The van der Waals surface area contributed by atoms with Gasteiger partial charge in [-0.15, -0.1) is 11.3 Å². The average Bonchev–Trinajstić information content (AvgIpc) is 2.76. The van der Waals surface area contributed by atoms with Gasteiger partial charge >= 0.3 is 0 Å². The van der Waals surface area contributed by atoms with Gasteiger partial charge in [-0.2, -0.15) is 0 Å². The molecule has 1 heterocycles. The first-order valence-corrected chi connectivity index (χ1v) is 7.84. The third-order valence-electron chi connectivity index (χ3n) is 2.55. The van der Waals surface area contributed by atoms with Gasteiger partial charge in [0.25, 0.3) is 5.91 Å². The van der Waals surface area contributed by atoms with Crippen LogP contribution < -0.4 is 5.32 Å². The zero-order chi connectivity index (χ0) is 13.1. The van der Waals surface area contributed by atoms with Crippen molar-refractivity contribution in [3.05, 3.63) is 55.1 Å². The van der Waals surface area contributed by atoms with Crippen LogP contribution in [0.2, 0.25) is 0 Å². The topological polar surface area (TPSA) is 29.1 Å². The second kappa shape index (κ2) is 5.99. The summed E-state index contributed by atoms with van der Waals surface area (Å²) in [6.45, 7) is 1.97. The average molecular weight is 389 g/mol. The smallest absolute Gasteiger partial charge is 0.252 e. The number of rotatable bonds is 3. The normalized spacial score (nSPS) is 12.2. The van der Waals surface area contributed by atoms with E-state index >= 15 is 0 Å². The van der Waals surface area contributed by atoms with Crippen LogP contribution in [0, 0.1) is 0 Å². The van der Waals surface area contributed by atoms with E-state index in [0.717, 1.165) is 13.8 Å². The molecule has 18 heavy (non-hydrogen) atoms. The van der Waals surface area contributed by atoms with Gasteiger partial charge in [0.1, 0.15) is 0 Å². The lowest BCUT2D eigenvalue weighted by Gasteiger charge is -2.15. The highest BCUT2D eigenvalue weighted by molar-refractivity contribution is 9.11. The maximum absolute atomic E-state index is 12.0. The molecular weight excluding hydrogens is 378 g/mol. The van der Waals surface area contributed by atoms with Gasteiger partial charge in [-0.25, -0.2) is 0 Å². The Morgan fingerprint density at radius 3 is 2.67 bits per heavy atom. The number of amides is 1. The Balaban J connectivity index is 2.10. The Morgan fingerprint density at radius 1 is 1.33 bits per heavy atom. The quantitative estimate of drug-likeness (QED) is 0.806. The van der Waals surface area contributed by atoms with Crippen molar-refractivity contribution in [2.24, 2.45) is 0 Å². The van der Waals surface area contributed by atoms with Gasteiger partial charge < -0.3 is 5.32 Å². The van der Waals surface area contributed by atoms with Crippen LogP contribution in [-0.4, -0.2) is 5.91 Å². The molecule has 0 saturated carbocycles. The summed E-state index contributed by atoms with van der Waals surface area (Å²) in [4.78, 5) is 12.0. The summed E-state index contributed by atoms with van der Waals surface area (Å²) in [5, 5.41) is 4.82. The second-order valence-electron chi connectivity index (χ2n) is 3.86. The number of halogens is 2. The van der Waals surface area contributed by atoms with E-state index in [-0.39, 0.29) is 11.9 Å². The van der Waals surface area contributed by atoms with Gasteiger partial charge in [0.05, 0.1) is 15.4 Å². The minimum Gasteiger partial charge on any atom is -0.345 e. The summed E-state index contributed by atoms with van der Waals surface area (Å²) in [6, 6.07) is 9.68. The highest BCUT2D eigenvalue weighted by Crippen LogP contribution is 2.24. The Morgan fingerprint density at radius 2 is 2.06 bits per heavy atom. The molecule has 2 nitrogen and oxygen atoms in total. The lowest BCUT2D eigenvalue weighted by molar-refractivity contribution is 0.0940. The van der Waals surface area contributed by atoms with Crippen LogP contribution in [0.4, 0.5) is 0 Å². The molecule has 0 spiro atoms. The van der Waals surface area contributed by atoms with Crippen molar-refractivity contribution in [1.29, 1.82) is 0 Å². The fraction of sp³-hybridized carbons (Fsp3) is 0.154. The maximum Gasteiger partial charge on any atom is 0.252 e. The minimum absolute atomic E-state index is 0.0354. The van der Waals surface area contributed by atoms with Crippen molar-refractivity contribution in [2.45, 2.75) is 13.0 Å². The Hall–Kier alpha value is -0.650. The number of thiophene rings is 1. The molecule has 2 rings (SSSR count). The molecule has 0 fully saturated rings. The van der Waals surface area contributed by atoms with Gasteiger partial charge in [-0.1, -0.05) is 34.1 Å². The van der Waals surface area contributed by atoms with Gasteiger partial charge in [-0.05, 0) is 40.5 Å². The fourth-order valence-electron chi connectivity index (χ4n) is 1.61. The molecule has 1 unspecified atom stereocenters. The first-order valence-electron chi connectivity index (χ1n) is 5.37. The Labute approximate surface area is 127 Å². The summed E-state index contributed by atoms with van der Waals surface area (Å²) >= 11 is 8.35. The zero-order valence-electron chi connectivity index (χ0n) is 9.61. The van der Waals surface area contributed by atoms with Crippen molar-refractivity contribution in [3.63, 3.8) is 0 Å². The predicted molar refractivity (Wildman–Crippen MR) is 82.0 cm³/mol. The lowest BCUT2D eigenvalue weighted by atomic mass is 10.1. The third-order valence-corrected chi connectivity index (χ3v) is 4.78. The minimum atomic E-state index is -0.0554. The van der Waals surface area contributed by atoms with Crippen LogP contribution in [0.5, 0.6) is 0 Å². The van der Waals surface area contributed by atoms with E-state index in [4.69, 9.17) is 0 Å². The molecule has 5 heteroatoms. The van der Waals surface area contributed by atoms with Crippen molar-refractivity contribution in [1.82, 2.24) is 5.32 Å². The summed E-state index contributed by atoms with van der Waals surface area (Å²) in [6.07, 6.45) is 0. The molecule has 0 aliphatic heterocycles. The molecule has 0 radical (unpaired) electrons. The maximum atomic E-state index is 12.0. The van der Waals surface area contributed by atoms with Gasteiger partial charge in [0.15, 0.2) is 0 Å². The molecule has 1 aromatic heterocycles. The summed E-state index contributed by atoms with van der Waals surface area (Å²) < 4.78 is 1.96. The number of carbonyl (C=O) groups is 1. The van der Waals surface area contributed by atoms with Gasteiger partial charge in [0, 0.05) is 9.85 Å². The molecule has 0 aliphatic rings. The predicted octanol–water partition coefficient (Wildman–Crippen LogP) is 4.76. The molecule has 1 N–H and O–H groups in total. The first kappa shape index (κ1) is 13.8. The molecule has 0 saturated heterocycles. The highest BCUT2D eigenvalue weighted by atomic mass is 79.9. The van der Waals surface area contributed by atoms with E-state index in [1.807, 2.05) is 42.6 Å². The number of nitrogens with one attached hydrogen (secondary N) is 1. The molecule has 1 aromatic carbocycles. The van der Waals surface area contributed by atoms with Crippen LogP contribution in [-0.2, 0) is 0 Å². The molecule has 1 atom stereocenters. The molecule has 2 aromatic rings. The summed E-state index contributed by atoms with van der Waals surface area (Å²) in [5.41, 5.74) is 1.76. The van der Waals surface area contributed by atoms with Gasteiger partial charge in [0.2, 0.25) is 0 Å². The second-order valence-corrected chi connectivity index (χ2v) is 7.00. The van der Waals surface area contributed by atoms with Crippen LogP contribution in [0.15, 0.2) is 44.0 Å². The van der Waals surface area contributed by atoms with Crippen LogP contribution in [0.3, 0.4) is 0 Å². The highest BCUT2D eigenvalue weighted by Gasteiger charge is 2.14. The number of benzene rings is 1. The number of hydrogen-bond donors (Lipinski definition) is 1. The standard InChI is InChI=1S/C13H11Br2NOS/c1-8(10-4-2-3-5-11(10)14)16-13(17)9-6-12(15)18-7-9/h2-8H,1H3,(H,16,17). The van der Waals surface area contributed by atoms with Crippen LogP contribution in [0.25, 0.3) is 0 Å². The monoisotopic (exact) mass is 387 g/mol. The molecule has 0 bridgehead atoms. The van der Waals surface area contributed by atoms with E-state index in [2.05, 4.69) is 37.2 Å². The first-order chi connectivity index (χ1) is 8.58. The Kier molecular flexibility index (Phi) is 4.59. The van der Waals surface area contributed by atoms with E-state index in [1.54, 1.807) is 0 Å². The van der Waals surface area contributed by atoms with Crippen molar-refractivity contribution in [2.75, 3.05) is 0 Å². The van der Waals surface area contributed by atoms with Crippen molar-refractivity contribution in [3.8, 4) is 0 Å². The molecule has 94 valence electrons. The zero-order valence-corrected chi connectivity index (χ0v) is 13.6. The van der Waals surface area contributed by atoms with E-state index in [0.29, 0.717) is 5.56 Å². The van der Waals surface area contributed by atoms with Crippen LogP contribution >= 0.6 is 43.2 Å². The molecule has 1 amide bonds. The third kappa shape index (κ3) is 3.22.